The highest BCUT2D eigenvalue weighted by molar-refractivity contribution is 9.10. The van der Waals surface area contributed by atoms with Crippen molar-refractivity contribution in [2.45, 2.75) is 12.8 Å². The molecule has 1 heterocycles. The van der Waals surface area contributed by atoms with Gasteiger partial charge in [-0.25, -0.2) is 0 Å². The summed E-state index contributed by atoms with van der Waals surface area (Å²) in [7, 11) is 0. The van der Waals surface area contributed by atoms with Gasteiger partial charge < -0.3 is 19.6 Å². The molecule has 0 atom stereocenters. The van der Waals surface area contributed by atoms with Crippen molar-refractivity contribution in [1.29, 1.82) is 0 Å². The number of phenolic OH excluding ortho intramolecular Hbond substituents is 1. The van der Waals surface area contributed by atoms with E-state index in [-0.39, 0.29) is 11.7 Å². The van der Waals surface area contributed by atoms with E-state index >= 15 is 0 Å². The molecule has 6 heteroatoms. The summed E-state index contributed by atoms with van der Waals surface area (Å²) < 4.78 is 6.66. The monoisotopic (exact) mass is 418 g/mol. The second-order valence-corrected chi connectivity index (χ2v) is 7.21. The first-order chi connectivity index (χ1) is 12.6. The number of carbonyl (C=O) groups is 1. The molecule has 5 nitrogen and oxygen atoms in total. The van der Waals surface area contributed by atoms with Crippen LogP contribution in [0.5, 0.6) is 11.5 Å². The van der Waals surface area contributed by atoms with Crippen molar-refractivity contribution >= 4 is 27.5 Å². The first-order valence-corrected chi connectivity index (χ1v) is 9.61. The third-order valence-corrected chi connectivity index (χ3v) is 4.94. The van der Waals surface area contributed by atoms with Crippen LogP contribution in [0.25, 0.3) is 0 Å². The molecule has 2 aromatic rings. The third kappa shape index (κ3) is 5.14. The van der Waals surface area contributed by atoms with Crippen LogP contribution in [0, 0.1) is 0 Å². The smallest absolute Gasteiger partial charge is 0.222 e. The van der Waals surface area contributed by atoms with Crippen molar-refractivity contribution in [2.75, 3.05) is 37.7 Å². The minimum atomic E-state index is 0.188. The molecular formula is C20H23BrN2O3. The number of carbonyl (C=O) groups excluding carboxylic acids is 1. The first kappa shape index (κ1) is 18.6. The van der Waals surface area contributed by atoms with Crippen LogP contribution in [0.1, 0.15) is 12.8 Å². The van der Waals surface area contributed by atoms with Crippen LogP contribution in [-0.2, 0) is 4.79 Å². The fraction of sp³-hybridized carbons (Fsp3) is 0.350. The highest BCUT2D eigenvalue weighted by atomic mass is 79.9. The van der Waals surface area contributed by atoms with E-state index in [0.29, 0.717) is 19.4 Å². The Morgan fingerprint density at radius 3 is 2.50 bits per heavy atom. The van der Waals surface area contributed by atoms with Gasteiger partial charge in [0.1, 0.15) is 11.5 Å². The number of ether oxygens (including phenoxy) is 1. The Labute approximate surface area is 162 Å². The molecule has 138 valence electrons. The Hall–Kier alpha value is -2.21. The van der Waals surface area contributed by atoms with E-state index in [1.807, 2.05) is 41.3 Å². The lowest BCUT2D eigenvalue weighted by atomic mass is 10.2. The standard InChI is InChI=1S/C20H23BrN2O3/c21-16-3-1-4-19(15-16)26-14-2-5-20(25)23-12-10-22(11-13-23)17-6-8-18(24)9-7-17/h1,3-4,6-9,15,24H,2,5,10-14H2. The predicted octanol–water partition coefficient (Wildman–Crippen LogP) is 3.66. The van der Waals surface area contributed by atoms with Crippen LogP contribution in [-0.4, -0.2) is 48.7 Å². The van der Waals surface area contributed by atoms with E-state index in [1.54, 1.807) is 12.1 Å². The van der Waals surface area contributed by atoms with Crippen LogP contribution >= 0.6 is 15.9 Å². The highest BCUT2D eigenvalue weighted by Gasteiger charge is 2.20. The second-order valence-electron chi connectivity index (χ2n) is 6.29. The van der Waals surface area contributed by atoms with Gasteiger partial charge >= 0.3 is 0 Å². The second kappa shape index (κ2) is 8.94. The molecule has 1 fully saturated rings. The van der Waals surface area contributed by atoms with Gasteiger partial charge in [-0.05, 0) is 48.9 Å². The number of phenols is 1. The maximum Gasteiger partial charge on any atom is 0.222 e. The Morgan fingerprint density at radius 1 is 1.08 bits per heavy atom. The van der Waals surface area contributed by atoms with E-state index < -0.39 is 0 Å². The molecule has 1 saturated heterocycles. The van der Waals surface area contributed by atoms with Crippen LogP contribution in [0.2, 0.25) is 0 Å². The van der Waals surface area contributed by atoms with E-state index in [1.165, 1.54) is 0 Å². The van der Waals surface area contributed by atoms with E-state index in [9.17, 15) is 9.90 Å². The summed E-state index contributed by atoms with van der Waals surface area (Å²) in [6.45, 7) is 3.62. The zero-order valence-corrected chi connectivity index (χ0v) is 16.2. The number of aromatic hydroxyl groups is 1. The molecule has 0 radical (unpaired) electrons. The van der Waals surface area contributed by atoms with E-state index in [2.05, 4.69) is 20.8 Å². The fourth-order valence-electron chi connectivity index (χ4n) is 3.01. The van der Waals surface area contributed by atoms with Gasteiger partial charge in [-0.1, -0.05) is 22.0 Å². The lowest BCUT2D eigenvalue weighted by Crippen LogP contribution is -2.48. The van der Waals surface area contributed by atoms with Crippen LogP contribution in [0.3, 0.4) is 0 Å². The molecule has 2 aromatic carbocycles. The Morgan fingerprint density at radius 2 is 1.81 bits per heavy atom. The minimum absolute atomic E-state index is 0.188. The van der Waals surface area contributed by atoms with E-state index in [0.717, 1.165) is 42.1 Å². The maximum atomic E-state index is 12.4. The average Bonchev–Trinajstić information content (AvgIpc) is 2.66. The van der Waals surface area contributed by atoms with Crippen molar-refractivity contribution in [2.24, 2.45) is 0 Å². The summed E-state index contributed by atoms with van der Waals surface area (Å²) in [6.07, 6.45) is 1.22. The number of nitrogens with zero attached hydrogens (tertiary/aromatic N) is 2. The number of halogens is 1. The Kier molecular flexibility index (Phi) is 6.39. The zero-order chi connectivity index (χ0) is 18.4. The number of piperazine rings is 1. The molecule has 26 heavy (non-hydrogen) atoms. The Balaban J connectivity index is 1.37. The van der Waals surface area contributed by atoms with Gasteiger partial charge in [0.05, 0.1) is 6.61 Å². The summed E-state index contributed by atoms with van der Waals surface area (Å²) in [4.78, 5) is 16.5. The Bertz CT molecular complexity index is 728. The lowest BCUT2D eigenvalue weighted by molar-refractivity contribution is -0.131. The third-order valence-electron chi connectivity index (χ3n) is 4.45. The van der Waals surface area contributed by atoms with Gasteiger partial charge in [0.25, 0.3) is 0 Å². The predicted molar refractivity (Wildman–Crippen MR) is 106 cm³/mol. The summed E-state index contributed by atoms with van der Waals surface area (Å²) in [5.41, 5.74) is 1.08. The molecule has 3 rings (SSSR count). The summed E-state index contributed by atoms with van der Waals surface area (Å²) in [5, 5.41) is 9.37. The maximum absolute atomic E-state index is 12.4. The van der Waals surface area contributed by atoms with Crippen molar-refractivity contribution < 1.29 is 14.6 Å². The number of benzene rings is 2. The molecule has 0 aromatic heterocycles. The largest absolute Gasteiger partial charge is 0.508 e. The number of hydrogen-bond donors (Lipinski definition) is 1. The quantitative estimate of drug-likeness (QED) is 0.727. The lowest BCUT2D eigenvalue weighted by Gasteiger charge is -2.36. The topological polar surface area (TPSA) is 53.0 Å². The zero-order valence-electron chi connectivity index (χ0n) is 14.6. The molecule has 0 bridgehead atoms. The molecular weight excluding hydrogens is 396 g/mol. The molecule has 1 aliphatic rings. The number of hydrogen-bond acceptors (Lipinski definition) is 4. The van der Waals surface area contributed by atoms with Gasteiger partial charge in [-0.3, -0.25) is 4.79 Å². The molecule has 1 N–H and O–H groups in total. The molecule has 0 aliphatic carbocycles. The number of anilines is 1. The van der Waals surface area contributed by atoms with Crippen LogP contribution in [0.15, 0.2) is 53.0 Å². The van der Waals surface area contributed by atoms with Crippen LogP contribution < -0.4 is 9.64 Å². The van der Waals surface area contributed by atoms with Gasteiger partial charge in [-0.15, -0.1) is 0 Å². The summed E-state index contributed by atoms with van der Waals surface area (Å²) >= 11 is 3.41. The molecule has 1 aliphatic heterocycles. The molecule has 0 spiro atoms. The molecule has 0 saturated carbocycles. The van der Waals surface area contributed by atoms with Gasteiger partial charge in [-0.2, -0.15) is 0 Å². The highest BCUT2D eigenvalue weighted by Crippen LogP contribution is 2.20. The van der Waals surface area contributed by atoms with Gasteiger partial charge in [0.2, 0.25) is 5.91 Å². The van der Waals surface area contributed by atoms with Crippen molar-refractivity contribution in [3.05, 3.63) is 53.0 Å². The van der Waals surface area contributed by atoms with Crippen molar-refractivity contribution in [1.82, 2.24) is 4.90 Å². The normalized spacial score (nSPS) is 14.3. The summed E-state index contributed by atoms with van der Waals surface area (Å²) in [6, 6.07) is 14.9. The number of rotatable bonds is 6. The fourth-order valence-corrected chi connectivity index (χ4v) is 3.38. The number of amides is 1. The van der Waals surface area contributed by atoms with Crippen LogP contribution in [0.4, 0.5) is 5.69 Å². The average molecular weight is 419 g/mol. The molecule has 1 amide bonds. The van der Waals surface area contributed by atoms with Crippen molar-refractivity contribution in [3.8, 4) is 11.5 Å². The van der Waals surface area contributed by atoms with E-state index in [4.69, 9.17) is 4.74 Å². The minimum Gasteiger partial charge on any atom is -0.508 e. The van der Waals surface area contributed by atoms with Gasteiger partial charge in [0, 0.05) is 42.8 Å². The summed E-state index contributed by atoms with van der Waals surface area (Å²) in [5.74, 6) is 1.27. The first-order valence-electron chi connectivity index (χ1n) is 8.82. The van der Waals surface area contributed by atoms with Gasteiger partial charge in [0.15, 0.2) is 0 Å². The molecule has 0 unspecified atom stereocenters. The SMILES string of the molecule is O=C(CCCOc1cccc(Br)c1)N1CCN(c2ccc(O)cc2)CC1. The van der Waals surface area contributed by atoms with Crippen molar-refractivity contribution in [3.63, 3.8) is 0 Å².